The Morgan fingerprint density at radius 3 is 2.54 bits per heavy atom. The molecule has 2 aromatic rings. The molecule has 130 valence electrons. The summed E-state index contributed by atoms with van der Waals surface area (Å²) in [6.07, 6.45) is 0. The Hall–Kier alpha value is -1.75. The van der Waals surface area contributed by atoms with Crippen LogP contribution in [-0.4, -0.2) is 45.4 Å². The lowest BCUT2D eigenvalue weighted by Gasteiger charge is -2.16. The number of carbonyl (C=O) groups excluding carboxylic acids is 2. The molecule has 1 amide bonds. The summed E-state index contributed by atoms with van der Waals surface area (Å²) in [5.74, 6) is -1.18. The highest BCUT2D eigenvalue weighted by Gasteiger charge is 2.18. The molecule has 0 spiro atoms. The molecule has 0 atom stereocenters. The molecule has 0 aliphatic carbocycles. The molecule has 2 rings (SSSR count). The number of hydrogen-bond donors (Lipinski definition) is 1. The first-order chi connectivity index (χ1) is 11.4. The predicted octanol–water partition coefficient (Wildman–Crippen LogP) is 1.29. The van der Waals surface area contributed by atoms with E-state index in [1.54, 1.807) is 18.5 Å². The number of amides is 1. The Morgan fingerprint density at radius 2 is 1.92 bits per heavy atom. The summed E-state index contributed by atoms with van der Waals surface area (Å²) in [6, 6.07) is 6.82. The smallest absolute Gasteiger partial charge is 0.321 e. The van der Waals surface area contributed by atoms with Gasteiger partial charge in [0.1, 0.15) is 10.8 Å². The van der Waals surface area contributed by atoms with Gasteiger partial charge in [0, 0.05) is 11.9 Å². The van der Waals surface area contributed by atoms with E-state index < -0.39 is 29.1 Å². The van der Waals surface area contributed by atoms with Gasteiger partial charge in [0.2, 0.25) is 0 Å². The lowest BCUT2D eigenvalue weighted by Crippen LogP contribution is -2.34. The number of thiophene rings is 2. The van der Waals surface area contributed by atoms with E-state index in [2.05, 4.69) is 4.72 Å². The summed E-state index contributed by atoms with van der Waals surface area (Å²) < 4.78 is 30.7. The van der Waals surface area contributed by atoms with Gasteiger partial charge in [-0.2, -0.15) is 4.72 Å². The second kappa shape index (κ2) is 8.38. The van der Waals surface area contributed by atoms with Crippen LogP contribution in [0.2, 0.25) is 0 Å². The number of carbonyl (C=O) groups is 2. The lowest BCUT2D eigenvalue weighted by atomic mass is 10.4. The van der Waals surface area contributed by atoms with Gasteiger partial charge in [-0.1, -0.05) is 12.1 Å². The average molecular weight is 388 g/mol. The Labute approximate surface area is 147 Å². The van der Waals surface area contributed by atoms with Crippen LogP contribution in [0.4, 0.5) is 0 Å². The van der Waals surface area contributed by atoms with E-state index in [0.29, 0.717) is 6.54 Å². The minimum atomic E-state index is -3.73. The van der Waals surface area contributed by atoms with Gasteiger partial charge in [-0.3, -0.25) is 9.59 Å². The van der Waals surface area contributed by atoms with Crippen LogP contribution >= 0.6 is 22.7 Å². The first-order valence-electron chi connectivity index (χ1n) is 6.83. The number of esters is 1. The molecule has 10 heteroatoms. The van der Waals surface area contributed by atoms with Crippen LogP contribution in [-0.2, 0) is 30.9 Å². The molecule has 0 unspecified atom stereocenters. The first-order valence-corrected chi connectivity index (χ1v) is 10.1. The second-order valence-electron chi connectivity index (χ2n) is 4.75. The van der Waals surface area contributed by atoms with Crippen LogP contribution in [0.15, 0.2) is 39.2 Å². The van der Waals surface area contributed by atoms with E-state index in [0.717, 1.165) is 16.2 Å². The molecule has 7 nitrogen and oxygen atoms in total. The topological polar surface area (TPSA) is 92.8 Å². The van der Waals surface area contributed by atoms with E-state index in [1.807, 2.05) is 17.5 Å². The molecule has 0 aromatic carbocycles. The Morgan fingerprint density at radius 1 is 1.21 bits per heavy atom. The van der Waals surface area contributed by atoms with Crippen LogP contribution in [0.25, 0.3) is 0 Å². The minimum Gasteiger partial charge on any atom is -0.455 e. The largest absolute Gasteiger partial charge is 0.455 e. The molecule has 24 heavy (non-hydrogen) atoms. The number of nitrogens with zero attached hydrogens (tertiary/aromatic N) is 1. The van der Waals surface area contributed by atoms with Gasteiger partial charge in [0.25, 0.3) is 15.9 Å². The predicted molar refractivity (Wildman–Crippen MR) is 91.3 cm³/mol. The van der Waals surface area contributed by atoms with Crippen molar-refractivity contribution in [3.05, 3.63) is 39.9 Å². The molecule has 0 radical (unpaired) electrons. The first kappa shape index (κ1) is 18.6. The van der Waals surface area contributed by atoms with Gasteiger partial charge in [0.15, 0.2) is 6.61 Å². The molecular formula is C14H16N2O5S3. The highest BCUT2D eigenvalue weighted by molar-refractivity contribution is 7.91. The molecule has 0 fully saturated rings. The lowest BCUT2D eigenvalue weighted by molar-refractivity contribution is -0.150. The van der Waals surface area contributed by atoms with Crippen molar-refractivity contribution >= 4 is 44.6 Å². The van der Waals surface area contributed by atoms with E-state index in [-0.39, 0.29) is 10.1 Å². The third kappa shape index (κ3) is 5.41. The Kier molecular flexibility index (Phi) is 6.49. The maximum atomic E-state index is 11.9. The van der Waals surface area contributed by atoms with Crippen molar-refractivity contribution in [1.82, 2.24) is 9.62 Å². The number of likely N-dealkylation sites (N-methyl/N-ethyl adjacent to an activating group) is 1. The number of nitrogens with one attached hydrogen (secondary N) is 1. The van der Waals surface area contributed by atoms with Crippen LogP contribution in [0.1, 0.15) is 4.88 Å². The van der Waals surface area contributed by atoms with Gasteiger partial charge in [0.05, 0.1) is 6.54 Å². The van der Waals surface area contributed by atoms with Gasteiger partial charge < -0.3 is 9.64 Å². The fourth-order valence-electron chi connectivity index (χ4n) is 1.67. The minimum absolute atomic E-state index is 0.113. The summed E-state index contributed by atoms with van der Waals surface area (Å²) >= 11 is 2.57. The third-order valence-corrected chi connectivity index (χ3v) is 6.58. The Balaban J connectivity index is 1.73. The number of rotatable bonds is 8. The van der Waals surface area contributed by atoms with Crippen molar-refractivity contribution < 1.29 is 22.7 Å². The van der Waals surface area contributed by atoms with Crippen molar-refractivity contribution in [2.24, 2.45) is 0 Å². The quantitative estimate of drug-likeness (QED) is 0.688. The zero-order valence-electron chi connectivity index (χ0n) is 12.8. The summed E-state index contributed by atoms with van der Waals surface area (Å²) in [5, 5.41) is 3.53. The van der Waals surface area contributed by atoms with E-state index in [1.165, 1.54) is 22.3 Å². The monoisotopic (exact) mass is 388 g/mol. The molecule has 0 aliphatic rings. The fourth-order valence-corrected chi connectivity index (χ4v) is 4.43. The van der Waals surface area contributed by atoms with Crippen molar-refractivity contribution in [2.75, 3.05) is 20.2 Å². The normalized spacial score (nSPS) is 11.2. The van der Waals surface area contributed by atoms with Gasteiger partial charge >= 0.3 is 5.97 Å². The maximum absolute atomic E-state index is 11.9. The molecule has 2 aromatic heterocycles. The molecule has 1 N–H and O–H groups in total. The SMILES string of the molecule is CN(Cc1cccs1)C(=O)COC(=O)CNS(=O)(=O)c1cccs1. The van der Waals surface area contributed by atoms with Crippen LogP contribution < -0.4 is 4.72 Å². The average Bonchev–Trinajstić information content (AvgIpc) is 3.24. The highest BCUT2D eigenvalue weighted by Crippen LogP contribution is 2.15. The number of sulfonamides is 1. The van der Waals surface area contributed by atoms with Crippen molar-refractivity contribution in [3.8, 4) is 0 Å². The van der Waals surface area contributed by atoms with Crippen molar-refractivity contribution in [2.45, 2.75) is 10.8 Å². The number of ether oxygens (including phenoxy) is 1. The summed E-state index contributed by atoms with van der Waals surface area (Å²) in [5.41, 5.74) is 0. The fraction of sp³-hybridized carbons (Fsp3) is 0.286. The van der Waals surface area contributed by atoms with E-state index in [4.69, 9.17) is 4.74 Å². The number of hydrogen-bond acceptors (Lipinski definition) is 7. The highest BCUT2D eigenvalue weighted by atomic mass is 32.2. The zero-order valence-corrected chi connectivity index (χ0v) is 15.2. The summed E-state index contributed by atoms with van der Waals surface area (Å²) in [7, 11) is -2.12. The third-order valence-electron chi connectivity index (χ3n) is 2.92. The molecule has 0 aliphatic heterocycles. The van der Waals surface area contributed by atoms with Crippen LogP contribution in [0.5, 0.6) is 0 Å². The van der Waals surface area contributed by atoms with Crippen LogP contribution in [0.3, 0.4) is 0 Å². The van der Waals surface area contributed by atoms with E-state index in [9.17, 15) is 18.0 Å². The van der Waals surface area contributed by atoms with Crippen molar-refractivity contribution in [1.29, 1.82) is 0 Å². The van der Waals surface area contributed by atoms with E-state index >= 15 is 0 Å². The molecule has 2 heterocycles. The second-order valence-corrected chi connectivity index (χ2v) is 8.72. The van der Waals surface area contributed by atoms with Crippen molar-refractivity contribution in [3.63, 3.8) is 0 Å². The summed E-state index contributed by atoms with van der Waals surface area (Å²) in [4.78, 5) is 25.9. The van der Waals surface area contributed by atoms with Gasteiger partial charge in [-0.15, -0.1) is 22.7 Å². The van der Waals surface area contributed by atoms with Crippen LogP contribution in [0, 0.1) is 0 Å². The standard InChI is InChI=1S/C14H16N2O5S3/c1-16(9-11-4-2-6-22-11)12(17)10-21-13(18)8-15-24(19,20)14-5-3-7-23-14/h2-7,15H,8-10H2,1H3. The molecule has 0 saturated heterocycles. The van der Waals surface area contributed by atoms with Gasteiger partial charge in [-0.25, -0.2) is 8.42 Å². The zero-order chi connectivity index (χ0) is 17.6. The Bertz CT molecular complexity index is 769. The molecule has 0 bridgehead atoms. The van der Waals surface area contributed by atoms with Gasteiger partial charge in [-0.05, 0) is 22.9 Å². The summed E-state index contributed by atoms with van der Waals surface area (Å²) in [6.45, 7) is -0.525. The molecular weight excluding hydrogens is 372 g/mol. The maximum Gasteiger partial charge on any atom is 0.321 e. The molecule has 0 saturated carbocycles.